The molecule has 0 bridgehead atoms. The summed E-state index contributed by atoms with van der Waals surface area (Å²) >= 11 is 0. The number of ether oxygens (including phenoxy) is 1. The predicted molar refractivity (Wildman–Crippen MR) is 48.2 cm³/mol. The van der Waals surface area contributed by atoms with E-state index in [-0.39, 0.29) is 11.3 Å². The van der Waals surface area contributed by atoms with Crippen molar-refractivity contribution in [3.8, 4) is 0 Å². The van der Waals surface area contributed by atoms with E-state index >= 15 is 0 Å². The number of hydrogen-bond acceptors (Lipinski definition) is 3. The summed E-state index contributed by atoms with van der Waals surface area (Å²) < 4.78 is 4.94. The van der Waals surface area contributed by atoms with E-state index in [2.05, 4.69) is 0 Å². The second kappa shape index (κ2) is 16.9. The monoisotopic (exact) mass is 180 g/mol. The fourth-order valence-corrected chi connectivity index (χ4v) is 0.510. The lowest BCUT2D eigenvalue weighted by molar-refractivity contribution is -0.114. The highest BCUT2D eigenvalue weighted by Gasteiger charge is 1.94. The minimum Gasteiger partial charge on any atom is -0.412 e. The molecule has 1 aliphatic rings. The van der Waals surface area contributed by atoms with E-state index < -0.39 is 0 Å². The van der Waals surface area contributed by atoms with Crippen molar-refractivity contribution in [1.82, 2.24) is 0 Å². The van der Waals surface area contributed by atoms with Crippen LogP contribution < -0.4 is 0 Å². The quantitative estimate of drug-likeness (QED) is 0.577. The van der Waals surface area contributed by atoms with Crippen molar-refractivity contribution in [2.45, 2.75) is 26.7 Å². The molecular weight excluding hydrogens is 160 g/mol. The SMILES string of the molecule is C1CCOC1.CC(C)=O.CO.O. The largest absolute Gasteiger partial charge is 0.412 e. The van der Waals surface area contributed by atoms with Gasteiger partial charge in [-0.25, -0.2) is 0 Å². The first kappa shape index (κ1) is 17.6. The zero-order chi connectivity index (χ0) is 9.11. The molecule has 1 saturated heterocycles. The molecule has 4 nitrogen and oxygen atoms in total. The van der Waals surface area contributed by atoms with Gasteiger partial charge in [-0.2, -0.15) is 0 Å². The molecule has 0 amide bonds. The van der Waals surface area contributed by atoms with Crippen LogP contribution in [-0.2, 0) is 9.53 Å². The third-order valence-corrected chi connectivity index (χ3v) is 0.827. The van der Waals surface area contributed by atoms with Crippen molar-refractivity contribution in [3.63, 3.8) is 0 Å². The third kappa shape index (κ3) is 33.7. The average molecular weight is 180 g/mol. The van der Waals surface area contributed by atoms with Gasteiger partial charge in [0.25, 0.3) is 0 Å². The van der Waals surface area contributed by atoms with Crippen molar-refractivity contribution >= 4 is 5.78 Å². The van der Waals surface area contributed by atoms with E-state index in [1.165, 1.54) is 26.7 Å². The first-order valence-electron chi connectivity index (χ1n) is 3.73. The molecule has 1 fully saturated rings. The Morgan fingerprint density at radius 2 is 1.42 bits per heavy atom. The highest BCUT2D eigenvalue weighted by molar-refractivity contribution is 5.72. The van der Waals surface area contributed by atoms with Crippen molar-refractivity contribution < 1.29 is 20.1 Å². The van der Waals surface area contributed by atoms with E-state index in [4.69, 9.17) is 9.84 Å². The molecule has 12 heavy (non-hydrogen) atoms. The van der Waals surface area contributed by atoms with Gasteiger partial charge in [-0.05, 0) is 26.7 Å². The number of Topliss-reactive ketones (excluding diaryl/α,β-unsaturated/α-hetero) is 1. The van der Waals surface area contributed by atoms with Crippen molar-refractivity contribution in [1.29, 1.82) is 0 Å². The van der Waals surface area contributed by atoms with Crippen LogP contribution in [0.5, 0.6) is 0 Å². The van der Waals surface area contributed by atoms with Gasteiger partial charge >= 0.3 is 0 Å². The highest BCUT2D eigenvalue weighted by atomic mass is 16.5. The Bertz CT molecular complexity index is 67.5. The van der Waals surface area contributed by atoms with Crippen molar-refractivity contribution in [3.05, 3.63) is 0 Å². The molecule has 1 heterocycles. The maximum absolute atomic E-state index is 9.44. The van der Waals surface area contributed by atoms with Crippen LogP contribution in [0, 0.1) is 0 Å². The standard InChI is InChI=1S/C4H8O.C3H6O.CH4O.H2O/c1-2-4-5-3-1;1-3(2)4;1-2;/h1-4H2;1-2H3;2H,1H3;1H2. The van der Waals surface area contributed by atoms with E-state index in [0.717, 1.165) is 20.3 Å². The molecule has 0 aliphatic carbocycles. The first-order chi connectivity index (χ1) is 5.23. The Labute approximate surface area is 73.8 Å². The summed E-state index contributed by atoms with van der Waals surface area (Å²) in [7, 11) is 1.00. The number of ketones is 1. The van der Waals surface area contributed by atoms with Gasteiger partial charge in [-0.15, -0.1) is 0 Å². The molecule has 0 aromatic heterocycles. The van der Waals surface area contributed by atoms with Crippen molar-refractivity contribution in [2.24, 2.45) is 0 Å². The minimum atomic E-state index is 0. The molecule has 0 radical (unpaired) electrons. The number of carbonyl (C=O) groups is 1. The molecule has 0 aromatic rings. The number of carbonyl (C=O) groups excluding carboxylic acids is 1. The number of hydrogen-bond donors (Lipinski definition) is 1. The summed E-state index contributed by atoms with van der Waals surface area (Å²) in [5.41, 5.74) is 0. The second-order valence-electron chi connectivity index (χ2n) is 2.23. The fraction of sp³-hybridized carbons (Fsp3) is 0.875. The molecule has 76 valence electrons. The van der Waals surface area contributed by atoms with Crippen LogP contribution >= 0.6 is 0 Å². The third-order valence-electron chi connectivity index (χ3n) is 0.827. The molecular formula is C8H20O4. The molecule has 1 rings (SSSR count). The fourth-order valence-electron chi connectivity index (χ4n) is 0.510. The second-order valence-corrected chi connectivity index (χ2v) is 2.23. The van der Waals surface area contributed by atoms with Gasteiger partial charge in [0, 0.05) is 20.3 Å². The van der Waals surface area contributed by atoms with Crippen LogP contribution in [0.3, 0.4) is 0 Å². The number of rotatable bonds is 0. The van der Waals surface area contributed by atoms with Gasteiger partial charge < -0.3 is 20.1 Å². The zero-order valence-corrected chi connectivity index (χ0v) is 8.09. The predicted octanol–water partition coefficient (Wildman–Crippen LogP) is 0.176. The van der Waals surface area contributed by atoms with Crippen molar-refractivity contribution in [2.75, 3.05) is 20.3 Å². The average Bonchev–Trinajstić information content (AvgIpc) is 2.44. The lowest BCUT2D eigenvalue weighted by Crippen LogP contribution is -1.74. The zero-order valence-electron chi connectivity index (χ0n) is 8.09. The Morgan fingerprint density at radius 3 is 1.50 bits per heavy atom. The van der Waals surface area contributed by atoms with E-state index in [0.29, 0.717) is 0 Å². The van der Waals surface area contributed by atoms with Gasteiger partial charge in [-0.3, -0.25) is 0 Å². The van der Waals surface area contributed by atoms with Crippen LogP contribution in [0.15, 0.2) is 0 Å². The van der Waals surface area contributed by atoms with Crippen LogP contribution in [0.25, 0.3) is 0 Å². The summed E-state index contributed by atoms with van der Waals surface area (Å²) in [4.78, 5) is 9.44. The minimum absolute atomic E-state index is 0. The molecule has 3 N–H and O–H groups in total. The van der Waals surface area contributed by atoms with Gasteiger partial charge in [0.2, 0.25) is 0 Å². The van der Waals surface area contributed by atoms with Gasteiger partial charge in [0.15, 0.2) is 0 Å². The molecule has 0 saturated carbocycles. The molecule has 0 aromatic carbocycles. The van der Waals surface area contributed by atoms with Crippen LogP contribution in [0.1, 0.15) is 26.7 Å². The molecule has 0 unspecified atom stereocenters. The Balaban J connectivity index is -0.000000107. The molecule has 1 aliphatic heterocycles. The lowest BCUT2D eigenvalue weighted by Gasteiger charge is -1.76. The molecule has 0 atom stereocenters. The molecule has 0 spiro atoms. The summed E-state index contributed by atoms with van der Waals surface area (Å²) in [6, 6.07) is 0. The van der Waals surface area contributed by atoms with E-state index in [1.807, 2.05) is 0 Å². The molecule has 4 heteroatoms. The van der Waals surface area contributed by atoms with Crippen LogP contribution in [0.2, 0.25) is 0 Å². The Kier molecular flexibility index (Phi) is 24.7. The van der Waals surface area contributed by atoms with Crippen LogP contribution in [-0.4, -0.2) is 36.7 Å². The Hall–Kier alpha value is -0.450. The van der Waals surface area contributed by atoms with Gasteiger partial charge in [0.1, 0.15) is 5.78 Å². The highest BCUT2D eigenvalue weighted by Crippen LogP contribution is 1.98. The van der Waals surface area contributed by atoms with E-state index in [1.54, 1.807) is 0 Å². The number of aliphatic hydroxyl groups excluding tert-OH is 1. The maximum atomic E-state index is 9.44. The smallest absolute Gasteiger partial charge is 0.126 e. The summed E-state index contributed by atoms with van der Waals surface area (Å²) in [6.45, 7) is 5.06. The normalized spacial score (nSPS) is 12.7. The maximum Gasteiger partial charge on any atom is 0.126 e. The van der Waals surface area contributed by atoms with Gasteiger partial charge in [-0.1, -0.05) is 0 Å². The lowest BCUT2D eigenvalue weighted by atomic mass is 10.4. The summed E-state index contributed by atoms with van der Waals surface area (Å²) in [5.74, 6) is 0.167. The summed E-state index contributed by atoms with van der Waals surface area (Å²) in [5, 5.41) is 7.00. The first-order valence-corrected chi connectivity index (χ1v) is 3.73. The van der Waals surface area contributed by atoms with Crippen LogP contribution in [0.4, 0.5) is 0 Å². The van der Waals surface area contributed by atoms with E-state index in [9.17, 15) is 4.79 Å². The topological polar surface area (TPSA) is 78.0 Å². The number of aliphatic hydroxyl groups is 1. The van der Waals surface area contributed by atoms with Gasteiger partial charge in [0.05, 0.1) is 0 Å². The summed E-state index contributed by atoms with van der Waals surface area (Å²) in [6.07, 6.45) is 2.56. The Morgan fingerprint density at radius 1 is 1.17 bits per heavy atom.